The predicted molar refractivity (Wildman–Crippen MR) is 79.3 cm³/mol. The molecular weight excluding hydrogens is 254 g/mol. The quantitative estimate of drug-likeness (QED) is 0.496. The third-order valence-electron chi connectivity index (χ3n) is 3.05. The Labute approximate surface area is 117 Å². The molecule has 0 aliphatic heterocycles. The number of hydrogen-bond acceptors (Lipinski definition) is 2. The lowest BCUT2D eigenvalue weighted by Gasteiger charge is -2.02. The van der Waals surface area contributed by atoms with Crippen molar-refractivity contribution in [3.05, 3.63) is 53.4 Å². The molecule has 0 aliphatic rings. The highest BCUT2D eigenvalue weighted by molar-refractivity contribution is 5.86. The van der Waals surface area contributed by atoms with E-state index in [0.717, 1.165) is 28.6 Å². The summed E-state index contributed by atoms with van der Waals surface area (Å²) in [6.07, 6.45) is 4.20. The highest BCUT2D eigenvalue weighted by Crippen LogP contribution is 2.18. The molecule has 0 fully saturated rings. The number of carboxylic acid groups (broad SMARTS) is 1. The second kappa shape index (κ2) is 6.10. The highest BCUT2D eigenvalue weighted by Gasteiger charge is 2.07. The normalized spacial score (nSPS) is 12.7. The molecule has 0 saturated heterocycles. The number of aliphatic carboxylic acids is 1. The van der Waals surface area contributed by atoms with Crippen molar-refractivity contribution in [1.29, 1.82) is 0 Å². The molecule has 0 unspecified atom stereocenters. The minimum absolute atomic E-state index is 0.0609. The fraction of sp³-hybridized carbons (Fsp3) is 0.188. The van der Waals surface area contributed by atoms with Gasteiger partial charge in [0.1, 0.15) is 0 Å². The van der Waals surface area contributed by atoms with Crippen LogP contribution >= 0.6 is 0 Å². The maximum Gasteiger partial charge on any atom is 0.371 e. The molecule has 1 heterocycles. The standard InChI is InChI=1S/C16H17NO3/c1-3-11(9-15(20-2)16(18)19)8-13-10-12-6-4-5-7-14(12)17-13/h4-10,17H,3H2,1-2H3,(H,18,19)/b11-8+,15-9-. The number of allylic oxidation sites excluding steroid dienone is 2. The molecule has 2 N–H and O–H groups in total. The van der Waals surface area contributed by atoms with Crippen LogP contribution in [0.3, 0.4) is 0 Å². The summed E-state index contributed by atoms with van der Waals surface area (Å²) in [6.45, 7) is 1.97. The minimum Gasteiger partial charge on any atom is -0.490 e. The van der Waals surface area contributed by atoms with E-state index in [-0.39, 0.29) is 5.76 Å². The number of hydrogen-bond donors (Lipinski definition) is 2. The zero-order valence-electron chi connectivity index (χ0n) is 11.5. The predicted octanol–water partition coefficient (Wildman–Crippen LogP) is 3.58. The van der Waals surface area contributed by atoms with E-state index in [0.29, 0.717) is 0 Å². The SMILES string of the molecule is CCC(/C=C(\OC)C(=O)O)=C\c1cc2ccccc2[nH]1. The number of aromatic amines is 1. The molecule has 2 aromatic rings. The first-order valence-corrected chi connectivity index (χ1v) is 6.41. The van der Waals surface area contributed by atoms with Crippen LogP contribution in [0.15, 0.2) is 47.7 Å². The number of benzene rings is 1. The lowest BCUT2D eigenvalue weighted by molar-refractivity contribution is -0.136. The van der Waals surface area contributed by atoms with Gasteiger partial charge in [-0.25, -0.2) is 4.79 Å². The van der Waals surface area contributed by atoms with Gasteiger partial charge in [0, 0.05) is 11.2 Å². The van der Waals surface area contributed by atoms with Gasteiger partial charge in [0.05, 0.1) is 7.11 Å². The highest BCUT2D eigenvalue weighted by atomic mass is 16.5. The van der Waals surface area contributed by atoms with E-state index >= 15 is 0 Å². The van der Waals surface area contributed by atoms with Crippen LogP contribution in [0.1, 0.15) is 19.0 Å². The molecule has 0 saturated carbocycles. The van der Waals surface area contributed by atoms with Crippen molar-refractivity contribution in [2.45, 2.75) is 13.3 Å². The average Bonchev–Trinajstić information content (AvgIpc) is 2.85. The number of fused-ring (bicyclic) bond motifs is 1. The van der Waals surface area contributed by atoms with Crippen molar-refractivity contribution in [3.63, 3.8) is 0 Å². The molecule has 0 radical (unpaired) electrons. The fourth-order valence-electron chi connectivity index (χ4n) is 2.00. The molecule has 20 heavy (non-hydrogen) atoms. The Balaban J connectivity index is 2.37. The van der Waals surface area contributed by atoms with Crippen molar-refractivity contribution in [2.24, 2.45) is 0 Å². The third-order valence-corrected chi connectivity index (χ3v) is 3.05. The first-order chi connectivity index (χ1) is 9.63. The summed E-state index contributed by atoms with van der Waals surface area (Å²) in [5.41, 5.74) is 2.89. The Morgan fingerprint density at radius 1 is 1.40 bits per heavy atom. The second-order valence-electron chi connectivity index (χ2n) is 4.40. The number of rotatable bonds is 5. The molecule has 0 spiro atoms. The van der Waals surface area contributed by atoms with Crippen molar-refractivity contribution >= 4 is 22.9 Å². The second-order valence-corrected chi connectivity index (χ2v) is 4.40. The molecule has 0 aliphatic carbocycles. The van der Waals surface area contributed by atoms with Gasteiger partial charge in [-0.3, -0.25) is 0 Å². The van der Waals surface area contributed by atoms with Crippen LogP contribution in [0.4, 0.5) is 0 Å². The van der Waals surface area contributed by atoms with E-state index < -0.39 is 5.97 Å². The Morgan fingerprint density at radius 3 is 2.75 bits per heavy atom. The van der Waals surface area contributed by atoms with Crippen LogP contribution in [0.5, 0.6) is 0 Å². The maximum atomic E-state index is 10.9. The van der Waals surface area contributed by atoms with Crippen LogP contribution < -0.4 is 0 Å². The van der Waals surface area contributed by atoms with E-state index in [1.54, 1.807) is 6.08 Å². The molecule has 2 rings (SSSR count). The topological polar surface area (TPSA) is 62.3 Å². The smallest absolute Gasteiger partial charge is 0.371 e. The zero-order chi connectivity index (χ0) is 14.5. The molecule has 104 valence electrons. The van der Waals surface area contributed by atoms with Crippen LogP contribution in [0, 0.1) is 0 Å². The van der Waals surface area contributed by atoms with Gasteiger partial charge < -0.3 is 14.8 Å². The Bertz CT molecular complexity index is 647. The number of H-pyrrole nitrogens is 1. The molecule has 1 aromatic carbocycles. The van der Waals surface area contributed by atoms with Gasteiger partial charge in [-0.15, -0.1) is 0 Å². The number of nitrogens with one attached hydrogen (secondary N) is 1. The Kier molecular flexibility index (Phi) is 4.25. The molecule has 0 bridgehead atoms. The van der Waals surface area contributed by atoms with Gasteiger partial charge in [0.2, 0.25) is 5.76 Å². The molecule has 0 atom stereocenters. The van der Waals surface area contributed by atoms with Gasteiger partial charge in [0.25, 0.3) is 0 Å². The van der Waals surface area contributed by atoms with E-state index in [1.807, 2.05) is 43.3 Å². The van der Waals surface area contributed by atoms with Crippen molar-refractivity contribution in [3.8, 4) is 0 Å². The zero-order valence-corrected chi connectivity index (χ0v) is 11.5. The van der Waals surface area contributed by atoms with Crippen molar-refractivity contribution in [2.75, 3.05) is 7.11 Å². The van der Waals surface area contributed by atoms with Crippen LogP contribution in [-0.2, 0) is 9.53 Å². The average molecular weight is 271 g/mol. The number of methoxy groups -OCH3 is 1. The number of aromatic nitrogens is 1. The van der Waals surface area contributed by atoms with E-state index in [4.69, 9.17) is 9.84 Å². The summed E-state index contributed by atoms with van der Waals surface area (Å²) in [5, 5.41) is 10.1. The Hall–Kier alpha value is -2.49. The van der Waals surface area contributed by atoms with Crippen LogP contribution in [-0.4, -0.2) is 23.2 Å². The van der Waals surface area contributed by atoms with Crippen LogP contribution in [0.25, 0.3) is 17.0 Å². The molecule has 0 amide bonds. The third kappa shape index (κ3) is 3.09. The summed E-state index contributed by atoms with van der Waals surface area (Å²) >= 11 is 0. The number of carboxylic acids is 1. The van der Waals surface area contributed by atoms with E-state index in [1.165, 1.54) is 7.11 Å². The van der Waals surface area contributed by atoms with Crippen molar-refractivity contribution in [1.82, 2.24) is 4.98 Å². The Morgan fingerprint density at radius 2 is 2.15 bits per heavy atom. The van der Waals surface area contributed by atoms with Gasteiger partial charge in [0.15, 0.2) is 0 Å². The van der Waals surface area contributed by atoms with E-state index in [2.05, 4.69) is 4.98 Å². The molecule has 1 aromatic heterocycles. The fourth-order valence-corrected chi connectivity index (χ4v) is 2.00. The van der Waals surface area contributed by atoms with Gasteiger partial charge in [-0.1, -0.05) is 25.1 Å². The largest absolute Gasteiger partial charge is 0.490 e. The monoisotopic (exact) mass is 271 g/mol. The lowest BCUT2D eigenvalue weighted by atomic mass is 10.1. The lowest BCUT2D eigenvalue weighted by Crippen LogP contribution is -2.02. The van der Waals surface area contributed by atoms with Crippen molar-refractivity contribution < 1.29 is 14.6 Å². The summed E-state index contributed by atoms with van der Waals surface area (Å²) in [4.78, 5) is 14.2. The molecular formula is C16H17NO3. The number of para-hydroxylation sites is 1. The summed E-state index contributed by atoms with van der Waals surface area (Å²) in [6, 6.07) is 10.0. The first-order valence-electron chi connectivity index (χ1n) is 6.41. The number of carbonyl (C=O) groups is 1. The summed E-state index contributed by atoms with van der Waals surface area (Å²) in [7, 11) is 1.36. The first kappa shape index (κ1) is 13.9. The van der Waals surface area contributed by atoms with Gasteiger partial charge >= 0.3 is 5.97 Å². The maximum absolute atomic E-state index is 10.9. The summed E-state index contributed by atoms with van der Waals surface area (Å²) < 4.78 is 4.85. The van der Waals surface area contributed by atoms with E-state index in [9.17, 15) is 4.79 Å². The summed E-state index contributed by atoms with van der Waals surface area (Å²) in [5.74, 6) is -1.13. The van der Waals surface area contributed by atoms with Gasteiger partial charge in [-0.2, -0.15) is 0 Å². The van der Waals surface area contributed by atoms with Crippen LogP contribution in [0.2, 0.25) is 0 Å². The number of ether oxygens (including phenoxy) is 1. The molecule has 4 heteroatoms. The minimum atomic E-state index is -1.07. The molecule has 4 nitrogen and oxygen atoms in total. The van der Waals surface area contributed by atoms with Gasteiger partial charge in [-0.05, 0) is 41.7 Å².